The summed E-state index contributed by atoms with van der Waals surface area (Å²) in [6, 6.07) is 2.46. The molecule has 104 valence electrons. The van der Waals surface area contributed by atoms with Crippen molar-refractivity contribution in [3.05, 3.63) is 20.8 Å². The van der Waals surface area contributed by atoms with Crippen LogP contribution < -0.4 is 5.32 Å². The number of hydrogen-bond donors (Lipinski definition) is 1. The molecule has 1 aromatic heterocycles. The lowest BCUT2D eigenvalue weighted by Gasteiger charge is -2.30. The van der Waals surface area contributed by atoms with E-state index in [1.807, 2.05) is 11.4 Å². The summed E-state index contributed by atoms with van der Waals surface area (Å²) >= 11 is 5.03. The van der Waals surface area contributed by atoms with Crippen molar-refractivity contribution in [1.82, 2.24) is 10.2 Å². The number of rotatable bonds is 4. The van der Waals surface area contributed by atoms with E-state index < -0.39 is 0 Å². The Labute approximate surface area is 126 Å². The largest absolute Gasteiger partial charge is 0.335 e. The molecule has 0 bridgehead atoms. The number of hydrogen-bond acceptors (Lipinski definition) is 3. The predicted octanol–water partition coefficient (Wildman–Crippen LogP) is 3.11. The number of piperidine rings is 1. The Morgan fingerprint density at radius 3 is 2.68 bits per heavy atom. The summed E-state index contributed by atoms with van der Waals surface area (Å²) in [7, 11) is 0. The SMILES string of the molecule is O=C(c1sccc1Br)N(CC1CCNCC1)C1CC1. The standard InChI is InChI=1S/C14H19BrN2OS/c15-12-5-8-19-13(12)14(18)17(11-1-2-11)9-10-3-6-16-7-4-10/h5,8,10-11,16H,1-4,6-7,9H2. The normalized spacial score (nSPS) is 20.5. The van der Waals surface area contributed by atoms with E-state index in [4.69, 9.17) is 0 Å². The number of nitrogens with zero attached hydrogens (tertiary/aromatic N) is 1. The zero-order valence-corrected chi connectivity index (χ0v) is 13.3. The highest BCUT2D eigenvalue weighted by molar-refractivity contribution is 9.10. The van der Waals surface area contributed by atoms with Crippen molar-refractivity contribution >= 4 is 33.2 Å². The molecule has 1 amide bonds. The maximum absolute atomic E-state index is 12.7. The minimum Gasteiger partial charge on any atom is -0.335 e. The van der Waals surface area contributed by atoms with Crippen molar-refractivity contribution < 1.29 is 4.79 Å². The molecule has 0 unspecified atom stereocenters. The highest BCUT2D eigenvalue weighted by Gasteiger charge is 2.35. The molecule has 2 aliphatic rings. The van der Waals surface area contributed by atoms with Crippen LogP contribution in [0.3, 0.4) is 0 Å². The molecule has 19 heavy (non-hydrogen) atoms. The summed E-state index contributed by atoms with van der Waals surface area (Å²) < 4.78 is 0.943. The molecule has 0 aromatic carbocycles. The van der Waals surface area contributed by atoms with Crippen molar-refractivity contribution in [2.75, 3.05) is 19.6 Å². The van der Waals surface area contributed by atoms with E-state index >= 15 is 0 Å². The average Bonchev–Trinajstić information content (AvgIpc) is 3.18. The van der Waals surface area contributed by atoms with Crippen LogP contribution >= 0.6 is 27.3 Å². The van der Waals surface area contributed by atoms with Crippen molar-refractivity contribution in [2.45, 2.75) is 31.7 Å². The van der Waals surface area contributed by atoms with E-state index in [-0.39, 0.29) is 5.91 Å². The third-order valence-electron chi connectivity index (χ3n) is 3.97. The zero-order valence-electron chi connectivity index (χ0n) is 10.9. The lowest BCUT2D eigenvalue weighted by molar-refractivity contribution is 0.0706. The highest BCUT2D eigenvalue weighted by Crippen LogP contribution is 2.33. The predicted molar refractivity (Wildman–Crippen MR) is 81.7 cm³/mol. The van der Waals surface area contributed by atoms with Crippen LogP contribution in [-0.4, -0.2) is 36.5 Å². The Kier molecular flexibility index (Phi) is 4.24. The summed E-state index contributed by atoms with van der Waals surface area (Å²) in [6.07, 6.45) is 4.75. The third kappa shape index (κ3) is 3.20. The topological polar surface area (TPSA) is 32.3 Å². The van der Waals surface area contributed by atoms with Gasteiger partial charge in [-0.05, 0) is 72.1 Å². The second-order valence-electron chi connectivity index (χ2n) is 5.48. The molecule has 2 heterocycles. The van der Waals surface area contributed by atoms with Gasteiger partial charge in [-0.3, -0.25) is 4.79 Å². The van der Waals surface area contributed by atoms with Crippen LogP contribution in [0.2, 0.25) is 0 Å². The van der Waals surface area contributed by atoms with Crippen LogP contribution in [0.4, 0.5) is 0 Å². The molecule has 5 heteroatoms. The van der Waals surface area contributed by atoms with Gasteiger partial charge in [-0.1, -0.05) is 0 Å². The molecule has 1 aromatic rings. The number of nitrogens with one attached hydrogen (secondary N) is 1. The lowest BCUT2D eigenvalue weighted by Crippen LogP contribution is -2.40. The smallest absolute Gasteiger partial charge is 0.265 e. The van der Waals surface area contributed by atoms with Gasteiger partial charge < -0.3 is 10.2 Å². The monoisotopic (exact) mass is 342 g/mol. The number of carbonyl (C=O) groups excluding carboxylic acids is 1. The van der Waals surface area contributed by atoms with E-state index in [9.17, 15) is 4.79 Å². The maximum Gasteiger partial charge on any atom is 0.265 e. The molecule has 0 spiro atoms. The third-order valence-corrected chi connectivity index (χ3v) is 5.80. The number of thiophene rings is 1. The van der Waals surface area contributed by atoms with Crippen LogP contribution in [0.15, 0.2) is 15.9 Å². The minimum absolute atomic E-state index is 0.225. The van der Waals surface area contributed by atoms with Gasteiger partial charge in [0.05, 0.1) is 0 Å². The van der Waals surface area contributed by atoms with Gasteiger partial charge in [0.1, 0.15) is 4.88 Å². The van der Waals surface area contributed by atoms with Gasteiger partial charge in [-0.2, -0.15) is 0 Å². The zero-order chi connectivity index (χ0) is 13.2. The maximum atomic E-state index is 12.7. The van der Waals surface area contributed by atoms with E-state index in [1.54, 1.807) is 11.3 Å². The van der Waals surface area contributed by atoms with E-state index in [2.05, 4.69) is 26.1 Å². The van der Waals surface area contributed by atoms with Crippen LogP contribution in [0, 0.1) is 5.92 Å². The van der Waals surface area contributed by atoms with Gasteiger partial charge in [0.2, 0.25) is 0 Å². The first-order valence-corrected chi connectivity index (χ1v) is 8.67. The van der Waals surface area contributed by atoms with Crippen LogP contribution in [0.25, 0.3) is 0 Å². The molecule has 1 N–H and O–H groups in total. The quantitative estimate of drug-likeness (QED) is 0.911. The van der Waals surface area contributed by atoms with E-state index in [1.165, 1.54) is 25.7 Å². The van der Waals surface area contributed by atoms with Crippen molar-refractivity contribution in [3.63, 3.8) is 0 Å². The van der Waals surface area contributed by atoms with Gasteiger partial charge in [-0.25, -0.2) is 0 Å². The number of carbonyl (C=O) groups is 1. The fourth-order valence-corrected chi connectivity index (χ4v) is 4.20. The van der Waals surface area contributed by atoms with Gasteiger partial charge in [0.15, 0.2) is 0 Å². The summed E-state index contributed by atoms with van der Waals surface area (Å²) in [5.41, 5.74) is 0. The van der Waals surface area contributed by atoms with E-state index in [0.29, 0.717) is 12.0 Å². The van der Waals surface area contributed by atoms with Gasteiger partial charge in [0, 0.05) is 17.1 Å². The number of amides is 1. The van der Waals surface area contributed by atoms with Crippen molar-refractivity contribution in [2.24, 2.45) is 5.92 Å². The second-order valence-corrected chi connectivity index (χ2v) is 7.25. The molecule has 2 fully saturated rings. The molecular weight excluding hydrogens is 324 g/mol. The Balaban J connectivity index is 1.70. The van der Waals surface area contributed by atoms with Crippen molar-refractivity contribution in [1.29, 1.82) is 0 Å². The molecule has 1 saturated carbocycles. The Bertz CT molecular complexity index is 452. The first-order chi connectivity index (χ1) is 9.25. The van der Waals surface area contributed by atoms with Gasteiger partial charge in [0.25, 0.3) is 5.91 Å². The summed E-state index contributed by atoms with van der Waals surface area (Å²) in [5.74, 6) is 0.896. The van der Waals surface area contributed by atoms with Gasteiger partial charge in [-0.15, -0.1) is 11.3 Å². The molecule has 1 saturated heterocycles. The Hall–Kier alpha value is -0.390. The first kappa shape index (κ1) is 13.6. The Morgan fingerprint density at radius 1 is 1.37 bits per heavy atom. The minimum atomic E-state index is 0.225. The average molecular weight is 343 g/mol. The molecule has 0 radical (unpaired) electrons. The highest BCUT2D eigenvalue weighted by atomic mass is 79.9. The molecule has 3 rings (SSSR count). The fraction of sp³-hybridized carbons (Fsp3) is 0.643. The molecular formula is C14H19BrN2OS. The molecule has 1 aliphatic carbocycles. The first-order valence-electron chi connectivity index (χ1n) is 7.00. The molecule has 1 aliphatic heterocycles. The fourth-order valence-electron chi connectivity index (χ4n) is 2.70. The van der Waals surface area contributed by atoms with Gasteiger partial charge >= 0.3 is 0 Å². The van der Waals surface area contributed by atoms with E-state index in [0.717, 1.165) is 29.0 Å². The van der Waals surface area contributed by atoms with Crippen LogP contribution in [0.5, 0.6) is 0 Å². The summed E-state index contributed by atoms with van der Waals surface area (Å²) in [4.78, 5) is 15.7. The van der Waals surface area contributed by atoms with Crippen molar-refractivity contribution in [3.8, 4) is 0 Å². The lowest BCUT2D eigenvalue weighted by atomic mass is 9.97. The summed E-state index contributed by atoms with van der Waals surface area (Å²) in [5, 5.41) is 5.37. The number of halogens is 1. The molecule has 3 nitrogen and oxygen atoms in total. The van der Waals surface area contributed by atoms with Crippen LogP contribution in [-0.2, 0) is 0 Å². The summed E-state index contributed by atoms with van der Waals surface area (Å²) in [6.45, 7) is 3.13. The van der Waals surface area contributed by atoms with Crippen LogP contribution in [0.1, 0.15) is 35.4 Å². The Morgan fingerprint density at radius 2 is 2.11 bits per heavy atom. The molecule has 0 atom stereocenters. The second kappa shape index (κ2) is 5.94.